The average molecular weight is 306 g/mol. The number of rotatable bonds is 3. The minimum absolute atomic E-state index is 0.130. The molecule has 0 fully saturated rings. The number of nitrogens with zero attached hydrogens (tertiary/aromatic N) is 2. The number of aromatic amines is 1. The number of carbonyl (C=O) groups is 1. The maximum atomic E-state index is 10.8. The minimum atomic E-state index is -1.00. The van der Waals surface area contributed by atoms with E-state index in [2.05, 4.69) is 15.0 Å². The second kappa shape index (κ2) is 5.07. The summed E-state index contributed by atoms with van der Waals surface area (Å²) in [5.74, 6) is -1.00. The number of nitrogens with one attached hydrogen (secondary N) is 1. The van der Waals surface area contributed by atoms with Crippen molar-refractivity contribution in [3.63, 3.8) is 0 Å². The molecule has 7 heteroatoms. The fraction of sp³-hybridized carbons (Fsp3) is 0. The molecule has 20 heavy (non-hydrogen) atoms. The van der Waals surface area contributed by atoms with Gasteiger partial charge >= 0.3 is 5.97 Å². The second-order valence-electron chi connectivity index (χ2n) is 3.98. The first-order valence-electron chi connectivity index (χ1n) is 5.63. The van der Waals surface area contributed by atoms with Crippen LogP contribution in [0.25, 0.3) is 22.0 Å². The van der Waals surface area contributed by atoms with E-state index in [1.807, 2.05) is 5.38 Å². The van der Waals surface area contributed by atoms with Crippen LogP contribution < -0.4 is 0 Å². The molecule has 100 valence electrons. The number of pyridine rings is 1. The molecule has 0 aromatic carbocycles. The molecule has 0 aliphatic heterocycles. The third-order valence-electron chi connectivity index (χ3n) is 2.67. The lowest BCUT2D eigenvalue weighted by Gasteiger charge is -1.97. The van der Waals surface area contributed by atoms with Crippen LogP contribution >= 0.6 is 22.9 Å². The van der Waals surface area contributed by atoms with Gasteiger partial charge in [-0.2, -0.15) is 0 Å². The Morgan fingerprint density at radius 3 is 3.00 bits per heavy atom. The van der Waals surface area contributed by atoms with Gasteiger partial charge in [0, 0.05) is 23.3 Å². The van der Waals surface area contributed by atoms with Crippen molar-refractivity contribution in [2.75, 3.05) is 0 Å². The number of carboxylic acids is 1. The maximum absolute atomic E-state index is 10.8. The van der Waals surface area contributed by atoms with Gasteiger partial charge in [0.2, 0.25) is 0 Å². The van der Waals surface area contributed by atoms with Gasteiger partial charge in [-0.1, -0.05) is 11.6 Å². The lowest BCUT2D eigenvalue weighted by atomic mass is 10.2. The zero-order chi connectivity index (χ0) is 14.1. The van der Waals surface area contributed by atoms with Crippen LogP contribution in [0.5, 0.6) is 0 Å². The normalized spacial score (nSPS) is 10.7. The summed E-state index contributed by atoms with van der Waals surface area (Å²) in [4.78, 5) is 22.2. The van der Waals surface area contributed by atoms with Crippen molar-refractivity contribution in [2.45, 2.75) is 0 Å². The summed E-state index contributed by atoms with van der Waals surface area (Å²) in [7, 11) is 0. The molecular weight excluding hydrogens is 298 g/mol. The van der Waals surface area contributed by atoms with E-state index >= 15 is 0 Å². The molecule has 0 saturated carbocycles. The lowest BCUT2D eigenvalue weighted by Crippen LogP contribution is -1.94. The van der Waals surface area contributed by atoms with Gasteiger partial charge in [0.1, 0.15) is 16.4 Å². The summed E-state index contributed by atoms with van der Waals surface area (Å²) < 4.78 is 0. The highest BCUT2D eigenvalue weighted by molar-refractivity contribution is 7.13. The van der Waals surface area contributed by atoms with Crippen LogP contribution in [0.4, 0.5) is 0 Å². The monoisotopic (exact) mass is 305 g/mol. The standard InChI is InChI=1S/C13H8ClN3O2S/c14-8-2-1-3-15-11(8)12-17-10(6-20-12)7-4-9(13(18)19)16-5-7/h1-6,16H,(H,18,19). The van der Waals surface area contributed by atoms with Crippen LogP contribution in [0, 0.1) is 0 Å². The minimum Gasteiger partial charge on any atom is -0.477 e. The Kier molecular flexibility index (Phi) is 3.25. The van der Waals surface area contributed by atoms with Crippen molar-refractivity contribution < 1.29 is 9.90 Å². The summed E-state index contributed by atoms with van der Waals surface area (Å²) in [6.45, 7) is 0. The number of aromatic nitrogens is 3. The van der Waals surface area contributed by atoms with Gasteiger partial charge in [0.25, 0.3) is 0 Å². The Balaban J connectivity index is 1.98. The van der Waals surface area contributed by atoms with Gasteiger partial charge in [-0.25, -0.2) is 9.78 Å². The quantitative estimate of drug-likeness (QED) is 0.775. The van der Waals surface area contributed by atoms with Gasteiger partial charge in [0.15, 0.2) is 0 Å². The van der Waals surface area contributed by atoms with Crippen LogP contribution in [0.3, 0.4) is 0 Å². The van der Waals surface area contributed by atoms with E-state index in [-0.39, 0.29) is 5.69 Å². The highest BCUT2D eigenvalue weighted by Crippen LogP contribution is 2.31. The molecule has 0 saturated heterocycles. The molecule has 0 amide bonds. The van der Waals surface area contributed by atoms with Gasteiger partial charge in [-0.05, 0) is 18.2 Å². The third-order valence-corrected chi connectivity index (χ3v) is 3.83. The molecule has 3 rings (SSSR count). The SMILES string of the molecule is O=C(O)c1cc(-c2csc(-c3ncccc3Cl)n2)c[nH]1. The van der Waals surface area contributed by atoms with Gasteiger partial charge in [0.05, 0.1) is 10.7 Å². The number of H-pyrrole nitrogens is 1. The summed E-state index contributed by atoms with van der Waals surface area (Å²) in [6, 6.07) is 5.05. The second-order valence-corrected chi connectivity index (χ2v) is 5.24. The molecule has 0 aliphatic rings. The zero-order valence-corrected chi connectivity index (χ0v) is 11.6. The number of hydrogen-bond acceptors (Lipinski definition) is 4. The molecule has 3 heterocycles. The van der Waals surface area contributed by atoms with E-state index in [1.165, 1.54) is 11.3 Å². The maximum Gasteiger partial charge on any atom is 0.352 e. The van der Waals surface area contributed by atoms with Crippen molar-refractivity contribution >= 4 is 28.9 Å². The largest absolute Gasteiger partial charge is 0.477 e. The lowest BCUT2D eigenvalue weighted by molar-refractivity contribution is 0.0691. The molecule has 0 bridgehead atoms. The van der Waals surface area contributed by atoms with Crippen molar-refractivity contribution in [3.8, 4) is 22.0 Å². The average Bonchev–Trinajstić information content (AvgIpc) is 3.08. The molecular formula is C13H8ClN3O2S. The fourth-order valence-corrected chi connectivity index (χ4v) is 2.83. The third kappa shape index (κ3) is 2.31. The Morgan fingerprint density at radius 1 is 1.45 bits per heavy atom. The van der Waals surface area contributed by atoms with E-state index in [4.69, 9.17) is 16.7 Å². The number of hydrogen-bond donors (Lipinski definition) is 2. The molecule has 2 N–H and O–H groups in total. The zero-order valence-electron chi connectivity index (χ0n) is 10.0. The predicted molar refractivity (Wildman–Crippen MR) is 77.1 cm³/mol. The fourth-order valence-electron chi connectivity index (χ4n) is 1.72. The molecule has 0 unspecified atom stereocenters. The summed E-state index contributed by atoms with van der Waals surface area (Å²) >= 11 is 7.49. The van der Waals surface area contributed by atoms with E-state index in [0.717, 1.165) is 5.56 Å². The predicted octanol–water partition coefficient (Wildman–Crippen LogP) is 3.55. The van der Waals surface area contributed by atoms with Crippen molar-refractivity contribution in [1.29, 1.82) is 0 Å². The Bertz CT molecular complexity index is 781. The molecule has 3 aromatic rings. The van der Waals surface area contributed by atoms with Crippen LogP contribution in [0.15, 0.2) is 36.0 Å². The number of thiazole rings is 1. The van der Waals surface area contributed by atoms with Gasteiger partial charge < -0.3 is 10.1 Å². The molecule has 0 spiro atoms. The van der Waals surface area contributed by atoms with Crippen LogP contribution in [0.1, 0.15) is 10.5 Å². The molecule has 3 aromatic heterocycles. The van der Waals surface area contributed by atoms with E-state index in [0.29, 0.717) is 21.4 Å². The summed E-state index contributed by atoms with van der Waals surface area (Å²) in [5, 5.41) is 12.0. The van der Waals surface area contributed by atoms with Crippen molar-refractivity contribution in [1.82, 2.24) is 15.0 Å². The molecule has 0 aliphatic carbocycles. The molecule has 0 radical (unpaired) electrons. The van der Waals surface area contributed by atoms with E-state index < -0.39 is 5.97 Å². The molecule has 0 atom stereocenters. The number of halogens is 1. The Labute approximate surface area is 122 Å². The summed E-state index contributed by atoms with van der Waals surface area (Å²) in [6.07, 6.45) is 3.27. The highest BCUT2D eigenvalue weighted by Gasteiger charge is 2.13. The first-order chi connectivity index (χ1) is 9.65. The Hall–Kier alpha value is -2.18. The topological polar surface area (TPSA) is 78.9 Å². The van der Waals surface area contributed by atoms with Gasteiger partial charge in [-0.15, -0.1) is 11.3 Å². The first kappa shape index (κ1) is 12.8. The molecule has 5 nitrogen and oxygen atoms in total. The smallest absolute Gasteiger partial charge is 0.352 e. The van der Waals surface area contributed by atoms with Crippen LogP contribution in [0.2, 0.25) is 5.02 Å². The van der Waals surface area contributed by atoms with Crippen LogP contribution in [-0.4, -0.2) is 26.0 Å². The number of aromatic carboxylic acids is 1. The van der Waals surface area contributed by atoms with Crippen molar-refractivity contribution in [2.24, 2.45) is 0 Å². The number of carboxylic acid groups (broad SMARTS) is 1. The first-order valence-corrected chi connectivity index (χ1v) is 6.89. The summed E-state index contributed by atoms with van der Waals surface area (Å²) in [5.41, 5.74) is 2.16. The van der Waals surface area contributed by atoms with E-state index in [9.17, 15) is 4.79 Å². The van der Waals surface area contributed by atoms with Gasteiger partial charge in [-0.3, -0.25) is 4.98 Å². The highest BCUT2D eigenvalue weighted by atomic mass is 35.5. The van der Waals surface area contributed by atoms with Crippen molar-refractivity contribution in [3.05, 3.63) is 46.7 Å². The van der Waals surface area contributed by atoms with E-state index in [1.54, 1.807) is 30.6 Å². The van der Waals surface area contributed by atoms with Crippen LogP contribution in [-0.2, 0) is 0 Å². The Morgan fingerprint density at radius 2 is 2.30 bits per heavy atom.